The minimum atomic E-state index is -3.05. The van der Waals surface area contributed by atoms with Crippen LogP contribution in [0.4, 0.5) is 0 Å². The van der Waals surface area contributed by atoms with Gasteiger partial charge in [0.05, 0.1) is 5.75 Å². The van der Waals surface area contributed by atoms with Gasteiger partial charge in [-0.1, -0.05) is 0 Å². The van der Waals surface area contributed by atoms with Gasteiger partial charge < -0.3 is 10.2 Å². The molecule has 5 nitrogen and oxygen atoms in total. The standard InChI is InChI=1S/C13H27N3O2S/c1-12-11-16(9-8-15(12)2)19(17,18)10-5-13-3-6-14-7-4-13/h12-14H,3-11H2,1-2H3. The van der Waals surface area contributed by atoms with E-state index in [0.29, 0.717) is 30.8 Å². The van der Waals surface area contributed by atoms with Crippen molar-refractivity contribution >= 4 is 10.0 Å². The third kappa shape index (κ3) is 4.15. The lowest BCUT2D eigenvalue weighted by Crippen LogP contribution is -2.52. The molecule has 1 atom stereocenters. The molecule has 0 aliphatic carbocycles. The number of piperidine rings is 1. The number of piperazine rings is 1. The second-order valence-corrected chi connectivity index (χ2v) is 8.07. The van der Waals surface area contributed by atoms with Crippen LogP contribution in [-0.4, -0.2) is 69.2 Å². The van der Waals surface area contributed by atoms with E-state index in [2.05, 4.69) is 24.2 Å². The van der Waals surface area contributed by atoms with Gasteiger partial charge in [-0.15, -0.1) is 0 Å². The summed E-state index contributed by atoms with van der Waals surface area (Å²) in [7, 11) is -0.994. The predicted molar refractivity (Wildman–Crippen MR) is 77.7 cm³/mol. The van der Waals surface area contributed by atoms with Crippen LogP contribution in [0.25, 0.3) is 0 Å². The molecule has 6 heteroatoms. The lowest BCUT2D eigenvalue weighted by molar-refractivity contribution is 0.159. The highest BCUT2D eigenvalue weighted by Gasteiger charge is 2.29. The van der Waals surface area contributed by atoms with E-state index in [1.165, 1.54) is 0 Å². The smallest absolute Gasteiger partial charge is 0.214 e. The number of likely N-dealkylation sites (N-methyl/N-ethyl adjacent to an activating group) is 1. The molecule has 2 aliphatic rings. The second kappa shape index (κ2) is 6.52. The fourth-order valence-electron chi connectivity index (χ4n) is 2.88. The minimum absolute atomic E-state index is 0.322. The Morgan fingerprint density at radius 2 is 1.89 bits per heavy atom. The molecule has 19 heavy (non-hydrogen) atoms. The molecule has 0 radical (unpaired) electrons. The molecule has 1 unspecified atom stereocenters. The van der Waals surface area contributed by atoms with Crippen molar-refractivity contribution in [2.45, 2.75) is 32.2 Å². The molecule has 0 aromatic heterocycles. The van der Waals surface area contributed by atoms with Gasteiger partial charge in [0, 0.05) is 25.7 Å². The van der Waals surface area contributed by atoms with Gasteiger partial charge in [0.25, 0.3) is 0 Å². The van der Waals surface area contributed by atoms with Crippen LogP contribution < -0.4 is 5.32 Å². The first kappa shape index (κ1) is 15.2. The van der Waals surface area contributed by atoms with Gasteiger partial charge in [-0.2, -0.15) is 4.31 Å². The number of rotatable bonds is 4. The number of hydrogen-bond donors (Lipinski definition) is 1. The van der Waals surface area contributed by atoms with E-state index in [1.54, 1.807) is 4.31 Å². The van der Waals surface area contributed by atoms with E-state index in [-0.39, 0.29) is 0 Å². The summed E-state index contributed by atoms with van der Waals surface area (Å²) in [5.74, 6) is 0.912. The van der Waals surface area contributed by atoms with Crippen molar-refractivity contribution in [2.75, 3.05) is 45.5 Å². The monoisotopic (exact) mass is 289 g/mol. The van der Waals surface area contributed by atoms with Crippen LogP contribution in [0.1, 0.15) is 26.2 Å². The van der Waals surface area contributed by atoms with E-state index in [1.807, 2.05) is 0 Å². The molecule has 0 bridgehead atoms. The van der Waals surface area contributed by atoms with E-state index in [4.69, 9.17) is 0 Å². The molecule has 0 aromatic rings. The van der Waals surface area contributed by atoms with Crippen molar-refractivity contribution in [1.29, 1.82) is 0 Å². The molecule has 2 aliphatic heterocycles. The number of nitrogens with one attached hydrogen (secondary N) is 1. The maximum Gasteiger partial charge on any atom is 0.214 e. The summed E-state index contributed by atoms with van der Waals surface area (Å²) in [6, 6.07) is 0.322. The Bertz CT molecular complexity index is 379. The normalized spacial score (nSPS) is 28.6. The number of sulfonamides is 1. The minimum Gasteiger partial charge on any atom is -0.317 e. The average Bonchev–Trinajstić information content (AvgIpc) is 2.41. The highest BCUT2D eigenvalue weighted by atomic mass is 32.2. The van der Waals surface area contributed by atoms with Gasteiger partial charge in [-0.25, -0.2) is 8.42 Å². The summed E-state index contributed by atoms with van der Waals surface area (Å²) in [5.41, 5.74) is 0. The molecule has 2 saturated heterocycles. The summed E-state index contributed by atoms with van der Waals surface area (Å²) in [6.07, 6.45) is 3.06. The molecule has 2 rings (SSSR count). The molecule has 112 valence electrons. The fraction of sp³-hybridized carbons (Fsp3) is 1.00. The molecule has 0 saturated carbocycles. The quantitative estimate of drug-likeness (QED) is 0.811. The Kier molecular flexibility index (Phi) is 5.22. The Balaban J connectivity index is 1.84. The predicted octanol–water partition coefficient (Wildman–Crippen LogP) is 0.342. The van der Waals surface area contributed by atoms with Crippen LogP contribution in [0.2, 0.25) is 0 Å². The second-order valence-electron chi connectivity index (χ2n) is 5.99. The molecule has 1 N–H and O–H groups in total. The highest BCUT2D eigenvalue weighted by Crippen LogP contribution is 2.19. The molecule has 2 heterocycles. The number of nitrogens with zero attached hydrogens (tertiary/aromatic N) is 2. The van der Waals surface area contributed by atoms with Crippen molar-refractivity contribution in [3.8, 4) is 0 Å². The Morgan fingerprint density at radius 3 is 2.53 bits per heavy atom. The zero-order valence-electron chi connectivity index (χ0n) is 12.1. The zero-order chi connectivity index (χ0) is 13.9. The Labute approximate surface area is 117 Å². The van der Waals surface area contributed by atoms with Crippen LogP contribution in [0.15, 0.2) is 0 Å². The van der Waals surface area contributed by atoms with Gasteiger partial charge >= 0.3 is 0 Å². The van der Waals surface area contributed by atoms with Crippen LogP contribution in [0, 0.1) is 5.92 Å². The van der Waals surface area contributed by atoms with Gasteiger partial charge in [0.2, 0.25) is 10.0 Å². The van der Waals surface area contributed by atoms with E-state index < -0.39 is 10.0 Å². The van der Waals surface area contributed by atoms with Crippen molar-refractivity contribution in [1.82, 2.24) is 14.5 Å². The molecule has 2 fully saturated rings. The maximum absolute atomic E-state index is 12.4. The zero-order valence-corrected chi connectivity index (χ0v) is 13.0. The molecule has 0 spiro atoms. The SMILES string of the molecule is CC1CN(S(=O)(=O)CCC2CCNCC2)CCN1C. The van der Waals surface area contributed by atoms with E-state index in [0.717, 1.165) is 38.9 Å². The summed E-state index contributed by atoms with van der Waals surface area (Å²) < 4.78 is 26.4. The van der Waals surface area contributed by atoms with Gasteiger partial charge in [0.1, 0.15) is 0 Å². The van der Waals surface area contributed by atoms with Crippen molar-refractivity contribution < 1.29 is 8.42 Å². The highest BCUT2D eigenvalue weighted by molar-refractivity contribution is 7.89. The molecular formula is C13H27N3O2S. The largest absolute Gasteiger partial charge is 0.317 e. The van der Waals surface area contributed by atoms with Crippen LogP contribution in [0.5, 0.6) is 0 Å². The fourth-order valence-corrected chi connectivity index (χ4v) is 4.57. The first-order valence-corrected chi connectivity index (χ1v) is 8.99. The first-order valence-electron chi connectivity index (χ1n) is 7.38. The summed E-state index contributed by atoms with van der Waals surface area (Å²) in [4.78, 5) is 2.22. The number of hydrogen-bond acceptors (Lipinski definition) is 4. The van der Waals surface area contributed by atoms with Crippen molar-refractivity contribution in [3.63, 3.8) is 0 Å². The van der Waals surface area contributed by atoms with E-state index >= 15 is 0 Å². The van der Waals surface area contributed by atoms with Gasteiger partial charge in [-0.05, 0) is 52.2 Å². The van der Waals surface area contributed by atoms with Gasteiger partial charge in [0.15, 0.2) is 0 Å². The molecule has 0 aromatic carbocycles. The van der Waals surface area contributed by atoms with Gasteiger partial charge in [-0.3, -0.25) is 0 Å². The third-order valence-electron chi connectivity index (χ3n) is 4.56. The summed E-state index contributed by atoms with van der Waals surface area (Å²) >= 11 is 0. The third-order valence-corrected chi connectivity index (χ3v) is 6.43. The van der Waals surface area contributed by atoms with Crippen LogP contribution in [0.3, 0.4) is 0 Å². The van der Waals surface area contributed by atoms with Crippen molar-refractivity contribution in [2.24, 2.45) is 5.92 Å². The topological polar surface area (TPSA) is 52.7 Å². The van der Waals surface area contributed by atoms with Crippen LogP contribution >= 0.6 is 0 Å². The lowest BCUT2D eigenvalue weighted by Gasteiger charge is -2.37. The maximum atomic E-state index is 12.4. The van der Waals surface area contributed by atoms with Crippen LogP contribution in [-0.2, 0) is 10.0 Å². The summed E-state index contributed by atoms with van der Waals surface area (Å²) in [5, 5.41) is 3.32. The molecule has 0 amide bonds. The lowest BCUT2D eigenvalue weighted by atomic mass is 9.96. The van der Waals surface area contributed by atoms with E-state index in [9.17, 15) is 8.42 Å². The Hall–Kier alpha value is -0.170. The summed E-state index contributed by atoms with van der Waals surface area (Å²) in [6.45, 7) is 6.30. The average molecular weight is 289 g/mol. The van der Waals surface area contributed by atoms with Crippen molar-refractivity contribution in [3.05, 3.63) is 0 Å². The molecular weight excluding hydrogens is 262 g/mol. The Morgan fingerprint density at radius 1 is 1.21 bits per heavy atom. The first-order chi connectivity index (χ1) is 8.99.